The van der Waals surface area contributed by atoms with Crippen LogP contribution in [0.25, 0.3) is 11.4 Å². The van der Waals surface area contributed by atoms with Crippen molar-refractivity contribution < 1.29 is 23.6 Å². The molecule has 2 aliphatic heterocycles. The average Bonchev–Trinajstić information content (AvgIpc) is 3.68. The zero-order valence-electron chi connectivity index (χ0n) is 25.1. The molecule has 2 N–H and O–H groups in total. The number of aryl methyl sites for hydroxylation is 2. The molecule has 1 saturated heterocycles. The van der Waals surface area contributed by atoms with Gasteiger partial charge >= 0.3 is 0 Å². The summed E-state index contributed by atoms with van der Waals surface area (Å²) in [5, 5.41) is 17.9. The standard InChI is InChI=1S/C31H37FN8O4/c1-19(2)25-17-39(30(43)22-11-9-21(10-12-22)28-35-37-38(3)36-28)18-27(41)33-14-4-6-20-8-13-24(32)23(16-20)31(44)40-15-5-7-26(40)29(42)34-25/h8-13,16,19,25-26H,4-7,14-15,17-18H2,1-3H3,(H,33,41)(H,34,42)/t25-,26-/m0/s1. The number of rotatable bonds is 3. The van der Waals surface area contributed by atoms with Crippen molar-refractivity contribution in [1.29, 1.82) is 0 Å². The zero-order chi connectivity index (χ0) is 31.4. The summed E-state index contributed by atoms with van der Waals surface area (Å²) in [5.74, 6) is -1.92. The summed E-state index contributed by atoms with van der Waals surface area (Å²) in [6.07, 6.45) is 2.12. The van der Waals surface area contributed by atoms with E-state index in [1.165, 1.54) is 26.7 Å². The topological polar surface area (TPSA) is 142 Å². The van der Waals surface area contributed by atoms with Gasteiger partial charge in [-0.2, -0.15) is 4.80 Å². The van der Waals surface area contributed by atoms with Crippen molar-refractivity contribution in [2.24, 2.45) is 13.0 Å². The fourth-order valence-electron chi connectivity index (χ4n) is 5.58. The molecule has 2 bridgehead atoms. The molecule has 2 atom stereocenters. The van der Waals surface area contributed by atoms with Crippen LogP contribution in [0.1, 0.15) is 59.4 Å². The van der Waals surface area contributed by atoms with Crippen molar-refractivity contribution in [3.63, 3.8) is 0 Å². The highest BCUT2D eigenvalue weighted by atomic mass is 19.1. The third-order valence-electron chi connectivity index (χ3n) is 8.11. The second-order valence-corrected chi connectivity index (χ2v) is 11.6. The molecule has 12 nitrogen and oxygen atoms in total. The number of nitrogens with one attached hydrogen (secondary N) is 2. The van der Waals surface area contributed by atoms with E-state index in [9.17, 15) is 23.6 Å². The van der Waals surface area contributed by atoms with E-state index in [0.29, 0.717) is 55.7 Å². The number of amides is 4. The van der Waals surface area contributed by atoms with Crippen LogP contribution >= 0.6 is 0 Å². The van der Waals surface area contributed by atoms with Gasteiger partial charge in [-0.15, -0.1) is 10.2 Å². The summed E-state index contributed by atoms with van der Waals surface area (Å²) in [6.45, 7) is 4.36. The highest BCUT2D eigenvalue weighted by Gasteiger charge is 2.37. The van der Waals surface area contributed by atoms with E-state index in [1.807, 2.05) is 13.8 Å². The Labute approximate surface area is 255 Å². The largest absolute Gasteiger partial charge is 0.355 e. The van der Waals surface area contributed by atoms with E-state index in [2.05, 4.69) is 26.0 Å². The van der Waals surface area contributed by atoms with Gasteiger partial charge in [0.25, 0.3) is 11.8 Å². The minimum atomic E-state index is -0.767. The van der Waals surface area contributed by atoms with Gasteiger partial charge < -0.3 is 20.4 Å². The quantitative estimate of drug-likeness (QED) is 0.466. The molecule has 0 spiro atoms. The lowest BCUT2D eigenvalue weighted by atomic mass is 10.0. The summed E-state index contributed by atoms with van der Waals surface area (Å²) < 4.78 is 14.8. The Bertz CT molecular complexity index is 1540. The summed E-state index contributed by atoms with van der Waals surface area (Å²) in [4.78, 5) is 58.1. The third kappa shape index (κ3) is 6.92. The van der Waals surface area contributed by atoms with Gasteiger partial charge in [0.1, 0.15) is 11.9 Å². The predicted molar refractivity (Wildman–Crippen MR) is 159 cm³/mol. The van der Waals surface area contributed by atoms with Gasteiger partial charge in [0.05, 0.1) is 19.2 Å². The Hall–Kier alpha value is -4.68. The van der Waals surface area contributed by atoms with Gasteiger partial charge in [-0.05, 0) is 66.6 Å². The van der Waals surface area contributed by atoms with E-state index in [-0.39, 0.29) is 42.3 Å². The van der Waals surface area contributed by atoms with Crippen molar-refractivity contribution in [1.82, 2.24) is 40.6 Å². The van der Waals surface area contributed by atoms with Crippen molar-refractivity contribution in [3.8, 4) is 11.4 Å². The Morgan fingerprint density at radius 3 is 2.55 bits per heavy atom. The molecule has 2 aromatic carbocycles. The van der Waals surface area contributed by atoms with Gasteiger partial charge in [-0.3, -0.25) is 19.2 Å². The van der Waals surface area contributed by atoms with E-state index in [4.69, 9.17) is 0 Å². The molecule has 13 heteroatoms. The van der Waals surface area contributed by atoms with Crippen molar-refractivity contribution in [2.45, 2.75) is 51.6 Å². The van der Waals surface area contributed by atoms with Gasteiger partial charge in [-0.25, -0.2) is 4.39 Å². The maximum Gasteiger partial charge on any atom is 0.257 e. The van der Waals surface area contributed by atoms with Crippen LogP contribution in [0, 0.1) is 11.7 Å². The third-order valence-corrected chi connectivity index (χ3v) is 8.11. The molecular weight excluding hydrogens is 567 g/mol. The van der Waals surface area contributed by atoms with E-state index >= 15 is 0 Å². The number of carbonyl (C=O) groups is 4. The summed E-state index contributed by atoms with van der Waals surface area (Å²) >= 11 is 0. The van der Waals surface area contributed by atoms with Crippen LogP contribution in [-0.2, 0) is 23.1 Å². The molecule has 44 heavy (non-hydrogen) atoms. The molecule has 1 fully saturated rings. The molecule has 0 unspecified atom stereocenters. The van der Waals surface area contributed by atoms with Crippen LogP contribution in [0.3, 0.4) is 0 Å². The predicted octanol–water partition coefficient (Wildman–Crippen LogP) is 1.97. The molecule has 4 amide bonds. The summed E-state index contributed by atoms with van der Waals surface area (Å²) in [5.41, 5.74) is 1.74. The van der Waals surface area contributed by atoms with Gasteiger partial charge in [0.15, 0.2) is 0 Å². The first-order chi connectivity index (χ1) is 21.1. The van der Waals surface area contributed by atoms with Crippen LogP contribution in [0.2, 0.25) is 0 Å². The molecule has 0 aliphatic carbocycles. The highest BCUT2D eigenvalue weighted by Crippen LogP contribution is 2.24. The normalized spacial score (nSPS) is 20.2. The molecule has 5 rings (SSSR count). The Morgan fingerprint density at radius 2 is 1.84 bits per heavy atom. The summed E-state index contributed by atoms with van der Waals surface area (Å²) in [7, 11) is 1.66. The number of nitrogens with zero attached hydrogens (tertiary/aromatic N) is 6. The van der Waals surface area contributed by atoms with Crippen LogP contribution in [0.4, 0.5) is 4.39 Å². The fraction of sp³-hybridized carbons (Fsp3) is 0.452. The number of tetrazole rings is 1. The minimum Gasteiger partial charge on any atom is -0.355 e. The first-order valence-electron chi connectivity index (χ1n) is 14.9. The maximum absolute atomic E-state index is 14.8. The van der Waals surface area contributed by atoms with Crippen LogP contribution in [-0.4, -0.2) is 91.9 Å². The minimum absolute atomic E-state index is 0.0613. The molecule has 2 aliphatic rings. The molecule has 232 valence electrons. The van der Waals surface area contributed by atoms with E-state index in [0.717, 1.165) is 5.56 Å². The molecule has 0 saturated carbocycles. The molecule has 0 radical (unpaired) electrons. The molecule has 1 aromatic heterocycles. The lowest BCUT2D eigenvalue weighted by molar-refractivity contribution is -0.126. The van der Waals surface area contributed by atoms with Crippen LogP contribution < -0.4 is 10.6 Å². The fourth-order valence-corrected chi connectivity index (χ4v) is 5.58. The van der Waals surface area contributed by atoms with Crippen LogP contribution in [0.5, 0.6) is 0 Å². The molecular formula is C31H37FN8O4. The van der Waals surface area contributed by atoms with Crippen molar-refractivity contribution in [3.05, 3.63) is 65.0 Å². The maximum atomic E-state index is 14.8. The Kier molecular flexibility index (Phi) is 9.31. The van der Waals surface area contributed by atoms with Crippen molar-refractivity contribution >= 4 is 23.6 Å². The number of aromatic nitrogens is 4. The number of benzene rings is 2. The van der Waals surface area contributed by atoms with Crippen LogP contribution in [0.15, 0.2) is 42.5 Å². The number of carbonyl (C=O) groups excluding carboxylic acids is 4. The van der Waals surface area contributed by atoms with Crippen molar-refractivity contribution in [2.75, 3.05) is 26.2 Å². The lowest BCUT2D eigenvalue weighted by Crippen LogP contribution is -2.54. The first-order valence-corrected chi connectivity index (χ1v) is 14.9. The smallest absolute Gasteiger partial charge is 0.257 e. The monoisotopic (exact) mass is 604 g/mol. The lowest BCUT2D eigenvalue weighted by Gasteiger charge is -2.32. The second kappa shape index (κ2) is 13.3. The zero-order valence-corrected chi connectivity index (χ0v) is 25.1. The average molecular weight is 605 g/mol. The SMILES string of the molecule is CC(C)[C@@H]1CN(C(=O)c2ccc(-c3nnn(C)n3)cc2)CC(=O)NCCCc2ccc(F)c(c2)C(=O)N2CCC[C@H]2C(=O)N1. The Balaban J connectivity index is 1.42. The highest BCUT2D eigenvalue weighted by molar-refractivity contribution is 5.99. The van der Waals surface area contributed by atoms with Gasteiger partial charge in [0, 0.05) is 36.8 Å². The Morgan fingerprint density at radius 1 is 1.07 bits per heavy atom. The van der Waals surface area contributed by atoms with E-state index in [1.54, 1.807) is 37.4 Å². The van der Waals surface area contributed by atoms with E-state index < -0.39 is 23.8 Å². The number of fused-ring (bicyclic) bond motifs is 3. The molecule has 3 heterocycles. The van der Waals surface area contributed by atoms with Gasteiger partial charge in [-0.1, -0.05) is 32.0 Å². The number of halogens is 1. The summed E-state index contributed by atoms with van der Waals surface area (Å²) in [6, 6.07) is 9.87. The molecule has 3 aromatic rings. The first kappa shape index (κ1) is 30.8. The number of hydrogen-bond acceptors (Lipinski definition) is 7. The number of hydrogen-bond donors (Lipinski definition) is 2. The second-order valence-electron chi connectivity index (χ2n) is 11.6. The van der Waals surface area contributed by atoms with Gasteiger partial charge in [0.2, 0.25) is 17.6 Å².